The second-order valence-corrected chi connectivity index (χ2v) is 6.87. The van der Waals surface area contributed by atoms with Crippen molar-refractivity contribution in [1.29, 1.82) is 0 Å². The third kappa shape index (κ3) is 2.24. The fourth-order valence-electron chi connectivity index (χ4n) is 2.18. The Morgan fingerprint density at radius 3 is 2.65 bits per heavy atom. The van der Waals surface area contributed by atoms with Crippen LogP contribution in [0.5, 0.6) is 0 Å². The van der Waals surface area contributed by atoms with Crippen LogP contribution in [0.1, 0.15) is 26.0 Å². The van der Waals surface area contributed by atoms with Crippen molar-refractivity contribution in [3.05, 3.63) is 11.9 Å². The van der Waals surface area contributed by atoms with E-state index in [0.29, 0.717) is 35.5 Å². The van der Waals surface area contributed by atoms with Gasteiger partial charge in [-0.15, -0.1) is 0 Å². The van der Waals surface area contributed by atoms with Crippen LogP contribution in [0.15, 0.2) is 11.1 Å². The summed E-state index contributed by atoms with van der Waals surface area (Å²) in [5.41, 5.74) is 0.608. The van der Waals surface area contributed by atoms with Crippen molar-refractivity contribution in [3.8, 4) is 0 Å². The zero-order chi connectivity index (χ0) is 12.6. The van der Waals surface area contributed by atoms with Gasteiger partial charge in [0.1, 0.15) is 4.90 Å². The summed E-state index contributed by atoms with van der Waals surface area (Å²) >= 11 is 0. The zero-order valence-electron chi connectivity index (χ0n) is 10.5. The molecule has 1 aromatic rings. The molecule has 0 spiro atoms. The molecule has 0 amide bonds. The van der Waals surface area contributed by atoms with Gasteiger partial charge in [0.2, 0.25) is 10.0 Å². The van der Waals surface area contributed by atoms with E-state index in [1.165, 1.54) is 6.20 Å². The molecule has 5 nitrogen and oxygen atoms in total. The molecule has 0 saturated carbocycles. The highest BCUT2D eigenvalue weighted by atomic mass is 32.2. The van der Waals surface area contributed by atoms with Crippen LogP contribution >= 0.6 is 0 Å². The lowest BCUT2D eigenvalue weighted by atomic mass is 9.90. The molecule has 0 bridgehead atoms. The highest BCUT2D eigenvalue weighted by molar-refractivity contribution is 7.89. The molecule has 6 heteroatoms. The Bertz CT molecular complexity index is 495. The number of nitrogens with one attached hydrogen (secondary N) is 1. The Kier molecular flexibility index (Phi) is 3.27. The lowest BCUT2D eigenvalue weighted by Gasteiger charge is -2.34. The summed E-state index contributed by atoms with van der Waals surface area (Å²) in [7, 11) is -3.37. The van der Waals surface area contributed by atoms with Gasteiger partial charge in [0.25, 0.3) is 0 Å². The van der Waals surface area contributed by atoms with Crippen molar-refractivity contribution in [1.82, 2.24) is 14.5 Å². The Morgan fingerprint density at radius 1 is 1.41 bits per heavy atom. The molecular formula is C11H19N3O2S. The number of aromatic nitrogens is 2. The van der Waals surface area contributed by atoms with Crippen LogP contribution in [-0.2, 0) is 10.0 Å². The number of aromatic amines is 1. The number of piperidine rings is 1. The minimum absolute atomic E-state index is 0.305. The first kappa shape index (κ1) is 12.6. The number of rotatable bonds is 2. The highest BCUT2D eigenvalue weighted by Gasteiger charge is 2.33. The molecule has 1 aliphatic heterocycles. The number of H-pyrrole nitrogens is 1. The molecule has 2 rings (SSSR count). The van der Waals surface area contributed by atoms with E-state index in [1.807, 2.05) is 0 Å². The van der Waals surface area contributed by atoms with Gasteiger partial charge >= 0.3 is 0 Å². The maximum absolute atomic E-state index is 12.4. The topological polar surface area (TPSA) is 66.1 Å². The number of hydrogen-bond acceptors (Lipinski definition) is 3. The normalized spacial score (nSPS) is 27.2. The van der Waals surface area contributed by atoms with Crippen molar-refractivity contribution in [2.75, 3.05) is 13.1 Å². The number of nitrogens with zero attached hydrogens (tertiary/aromatic N) is 2. The summed E-state index contributed by atoms with van der Waals surface area (Å²) < 4.78 is 26.4. The van der Waals surface area contributed by atoms with Gasteiger partial charge in [-0.1, -0.05) is 13.8 Å². The first-order chi connectivity index (χ1) is 7.93. The number of sulfonamides is 1. The number of aryl methyl sites for hydroxylation is 1. The minimum Gasteiger partial charge on any atom is -0.281 e. The SMILES string of the molecule is Cc1[nH]ncc1S(=O)(=O)N1CCC(C)C(C)C1. The van der Waals surface area contributed by atoms with Gasteiger partial charge in [0, 0.05) is 13.1 Å². The quantitative estimate of drug-likeness (QED) is 0.870. The van der Waals surface area contributed by atoms with E-state index >= 15 is 0 Å². The fourth-order valence-corrected chi connectivity index (χ4v) is 3.86. The summed E-state index contributed by atoms with van der Waals surface area (Å²) in [6, 6.07) is 0. The molecule has 0 aliphatic carbocycles. The molecule has 1 aromatic heterocycles. The van der Waals surface area contributed by atoms with Crippen LogP contribution in [0.2, 0.25) is 0 Å². The van der Waals surface area contributed by atoms with Gasteiger partial charge in [-0.05, 0) is 25.2 Å². The second-order valence-electron chi connectivity index (χ2n) is 4.97. The van der Waals surface area contributed by atoms with E-state index in [2.05, 4.69) is 24.0 Å². The van der Waals surface area contributed by atoms with Gasteiger partial charge in [0.15, 0.2) is 0 Å². The Balaban J connectivity index is 2.26. The zero-order valence-corrected chi connectivity index (χ0v) is 11.3. The third-order valence-electron chi connectivity index (χ3n) is 3.70. The summed E-state index contributed by atoms with van der Waals surface area (Å²) in [5, 5.41) is 6.46. The van der Waals surface area contributed by atoms with Gasteiger partial charge in [-0.3, -0.25) is 5.10 Å². The van der Waals surface area contributed by atoms with Crippen LogP contribution < -0.4 is 0 Å². The lowest BCUT2D eigenvalue weighted by Crippen LogP contribution is -2.42. The van der Waals surface area contributed by atoms with Crippen molar-refractivity contribution in [2.45, 2.75) is 32.1 Å². The first-order valence-electron chi connectivity index (χ1n) is 5.93. The van der Waals surface area contributed by atoms with Crippen LogP contribution in [-0.4, -0.2) is 36.0 Å². The molecule has 0 radical (unpaired) electrons. The van der Waals surface area contributed by atoms with Gasteiger partial charge in [-0.25, -0.2) is 8.42 Å². The predicted molar refractivity (Wildman–Crippen MR) is 65.0 cm³/mol. The summed E-state index contributed by atoms with van der Waals surface area (Å²) in [6.07, 6.45) is 2.32. The molecule has 17 heavy (non-hydrogen) atoms. The van der Waals surface area contributed by atoms with Crippen LogP contribution in [0.3, 0.4) is 0 Å². The smallest absolute Gasteiger partial charge is 0.246 e. The Hall–Kier alpha value is -0.880. The standard InChI is InChI=1S/C11H19N3O2S/c1-8-4-5-14(7-9(8)2)17(15,16)11-6-12-13-10(11)3/h6,8-9H,4-5,7H2,1-3H3,(H,12,13). The lowest BCUT2D eigenvalue weighted by molar-refractivity contribution is 0.212. The van der Waals surface area contributed by atoms with E-state index in [4.69, 9.17) is 0 Å². The second kappa shape index (κ2) is 4.42. The van der Waals surface area contributed by atoms with Crippen molar-refractivity contribution in [2.24, 2.45) is 11.8 Å². The van der Waals surface area contributed by atoms with E-state index in [9.17, 15) is 8.42 Å². The fraction of sp³-hybridized carbons (Fsp3) is 0.727. The average molecular weight is 257 g/mol. The minimum atomic E-state index is -3.37. The van der Waals surface area contributed by atoms with E-state index in [1.54, 1.807) is 11.2 Å². The molecule has 0 aromatic carbocycles. The Morgan fingerprint density at radius 2 is 2.12 bits per heavy atom. The molecule has 2 heterocycles. The average Bonchev–Trinajstić information content (AvgIpc) is 2.69. The molecule has 1 N–H and O–H groups in total. The molecular weight excluding hydrogens is 238 g/mol. The van der Waals surface area contributed by atoms with Crippen molar-refractivity contribution >= 4 is 10.0 Å². The molecule has 2 unspecified atom stereocenters. The van der Waals surface area contributed by atoms with Crippen LogP contribution in [0.4, 0.5) is 0 Å². The molecule has 1 fully saturated rings. The maximum Gasteiger partial charge on any atom is 0.246 e. The third-order valence-corrected chi connectivity index (χ3v) is 5.68. The summed E-state index contributed by atoms with van der Waals surface area (Å²) in [4.78, 5) is 0.305. The largest absolute Gasteiger partial charge is 0.281 e. The monoisotopic (exact) mass is 257 g/mol. The summed E-state index contributed by atoms with van der Waals surface area (Å²) in [5.74, 6) is 0.998. The van der Waals surface area contributed by atoms with Crippen LogP contribution in [0, 0.1) is 18.8 Å². The van der Waals surface area contributed by atoms with E-state index in [0.717, 1.165) is 6.42 Å². The van der Waals surface area contributed by atoms with Gasteiger partial charge < -0.3 is 0 Å². The predicted octanol–water partition coefficient (Wildman–Crippen LogP) is 1.38. The molecule has 2 atom stereocenters. The van der Waals surface area contributed by atoms with Crippen molar-refractivity contribution < 1.29 is 8.42 Å². The number of hydrogen-bond donors (Lipinski definition) is 1. The van der Waals surface area contributed by atoms with Gasteiger partial charge in [-0.2, -0.15) is 9.40 Å². The maximum atomic E-state index is 12.4. The highest BCUT2D eigenvalue weighted by Crippen LogP contribution is 2.27. The molecule has 1 saturated heterocycles. The summed E-state index contributed by atoms with van der Waals surface area (Å²) in [6.45, 7) is 7.23. The van der Waals surface area contributed by atoms with Crippen LogP contribution in [0.25, 0.3) is 0 Å². The van der Waals surface area contributed by atoms with E-state index in [-0.39, 0.29) is 0 Å². The molecule has 1 aliphatic rings. The Labute approximate surface area is 102 Å². The van der Waals surface area contributed by atoms with E-state index < -0.39 is 10.0 Å². The molecule has 96 valence electrons. The van der Waals surface area contributed by atoms with Gasteiger partial charge in [0.05, 0.1) is 11.9 Å². The first-order valence-corrected chi connectivity index (χ1v) is 7.37. The van der Waals surface area contributed by atoms with Crippen molar-refractivity contribution in [3.63, 3.8) is 0 Å².